The Hall–Kier alpha value is -0.120. The molecule has 0 spiro atoms. The summed E-state index contributed by atoms with van der Waals surface area (Å²) in [7, 11) is 1.68. The Labute approximate surface area is 81.5 Å². The second-order valence-electron chi connectivity index (χ2n) is 4.24. The average molecular weight is 189 g/mol. The Morgan fingerprint density at radius 1 is 1.46 bits per heavy atom. The Kier molecular flexibility index (Phi) is 6.29. The minimum Gasteiger partial charge on any atom is -0.394 e. The summed E-state index contributed by atoms with van der Waals surface area (Å²) in [5.41, 5.74) is -0.160. The fourth-order valence-electron chi connectivity index (χ4n) is 1.55. The molecule has 0 saturated carbocycles. The van der Waals surface area contributed by atoms with E-state index >= 15 is 0 Å². The van der Waals surface area contributed by atoms with Gasteiger partial charge < -0.3 is 15.2 Å². The van der Waals surface area contributed by atoms with E-state index in [2.05, 4.69) is 19.2 Å². The van der Waals surface area contributed by atoms with Gasteiger partial charge in [0.05, 0.1) is 13.2 Å². The first-order chi connectivity index (χ1) is 6.04. The van der Waals surface area contributed by atoms with E-state index in [-0.39, 0.29) is 12.1 Å². The Morgan fingerprint density at radius 3 is 2.46 bits per heavy atom. The van der Waals surface area contributed by atoms with Crippen LogP contribution in [0.4, 0.5) is 0 Å². The third kappa shape index (κ3) is 6.02. The summed E-state index contributed by atoms with van der Waals surface area (Å²) >= 11 is 0. The minimum absolute atomic E-state index is 0.160. The van der Waals surface area contributed by atoms with Crippen LogP contribution in [0.2, 0.25) is 0 Å². The molecule has 0 bridgehead atoms. The Morgan fingerprint density at radius 2 is 2.08 bits per heavy atom. The molecule has 0 aromatic carbocycles. The van der Waals surface area contributed by atoms with Crippen LogP contribution in [0.3, 0.4) is 0 Å². The van der Waals surface area contributed by atoms with E-state index in [4.69, 9.17) is 4.74 Å². The fraction of sp³-hybridized carbons (Fsp3) is 1.00. The molecule has 1 unspecified atom stereocenters. The highest BCUT2D eigenvalue weighted by Gasteiger charge is 2.23. The van der Waals surface area contributed by atoms with Crippen molar-refractivity contribution in [1.82, 2.24) is 5.32 Å². The Bertz CT molecular complexity index is 128. The molecule has 0 radical (unpaired) electrons. The van der Waals surface area contributed by atoms with Gasteiger partial charge in [0.15, 0.2) is 0 Å². The summed E-state index contributed by atoms with van der Waals surface area (Å²) in [6.07, 6.45) is 0.979. The molecule has 0 heterocycles. The van der Waals surface area contributed by atoms with Crippen molar-refractivity contribution < 1.29 is 9.84 Å². The van der Waals surface area contributed by atoms with Crippen LogP contribution in [0.15, 0.2) is 0 Å². The second-order valence-corrected chi connectivity index (χ2v) is 4.24. The summed E-state index contributed by atoms with van der Waals surface area (Å²) < 4.78 is 4.94. The highest BCUT2D eigenvalue weighted by Crippen LogP contribution is 2.15. The maximum atomic E-state index is 9.23. The molecule has 0 saturated heterocycles. The lowest BCUT2D eigenvalue weighted by Crippen LogP contribution is -2.47. The number of hydrogen-bond donors (Lipinski definition) is 2. The minimum atomic E-state index is -0.160. The molecular weight excluding hydrogens is 166 g/mol. The van der Waals surface area contributed by atoms with Crippen LogP contribution in [0.25, 0.3) is 0 Å². The van der Waals surface area contributed by atoms with E-state index in [1.54, 1.807) is 7.11 Å². The molecule has 3 nitrogen and oxygen atoms in total. The number of aliphatic hydroxyl groups excluding tert-OH is 1. The van der Waals surface area contributed by atoms with Crippen molar-refractivity contribution in [2.24, 2.45) is 5.92 Å². The molecule has 0 aliphatic heterocycles. The van der Waals surface area contributed by atoms with Crippen molar-refractivity contribution in [3.63, 3.8) is 0 Å². The van der Waals surface area contributed by atoms with Crippen LogP contribution in [-0.2, 0) is 4.74 Å². The zero-order valence-electron chi connectivity index (χ0n) is 9.26. The van der Waals surface area contributed by atoms with Crippen molar-refractivity contribution in [3.8, 4) is 0 Å². The zero-order valence-corrected chi connectivity index (χ0v) is 9.26. The van der Waals surface area contributed by atoms with Crippen molar-refractivity contribution >= 4 is 0 Å². The molecular formula is C10H23NO2. The number of methoxy groups -OCH3 is 1. The maximum Gasteiger partial charge on any atom is 0.0610 e. The molecule has 0 rings (SSSR count). The van der Waals surface area contributed by atoms with Gasteiger partial charge in [-0.25, -0.2) is 0 Å². The van der Waals surface area contributed by atoms with Crippen molar-refractivity contribution in [3.05, 3.63) is 0 Å². The quantitative estimate of drug-likeness (QED) is 0.588. The summed E-state index contributed by atoms with van der Waals surface area (Å²) in [5.74, 6) is 0.590. The first-order valence-electron chi connectivity index (χ1n) is 4.89. The molecule has 1 atom stereocenters. The van der Waals surface area contributed by atoms with Gasteiger partial charge in [-0.05, 0) is 19.3 Å². The first-order valence-corrected chi connectivity index (χ1v) is 4.89. The highest BCUT2D eigenvalue weighted by molar-refractivity contribution is 4.83. The molecule has 0 amide bonds. The standard InChI is InChI=1S/C10H23NO2/c1-9(2)7-10(3,8-12)11-5-6-13-4/h9,11-12H,5-8H2,1-4H3. The number of aliphatic hydroxyl groups is 1. The van der Waals surface area contributed by atoms with Gasteiger partial charge in [0.25, 0.3) is 0 Å². The number of nitrogens with one attached hydrogen (secondary N) is 1. The number of hydrogen-bond acceptors (Lipinski definition) is 3. The molecule has 0 aromatic heterocycles. The van der Waals surface area contributed by atoms with Crippen LogP contribution < -0.4 is 5.32 Å². The van der Waals surface area contributed by atoms with Crippen LogP contribution >= 0.6 is 0 Å². The topological polar surface area (TPSA) is 41.5 Å². The predicted molar refractivity (Wildman–Crippen MR) is 54.8 cm³/mol. The average Bonchev–Trinajstić information content (AvgIpc) is 2.04. The van der Waals surface area contributed by atoms with E-state index in [9.17, 15) is 5.11 Å². The molecule has 3 heteroatoms. The van der Waals surface area contributed by atoms with Crippen molar-refractivity contribution in [1.29, 1.82) is 0 Å². The second kappa shape index (κ2) is 6.35. The molecule has 0 aliphatic rings. The van der Waals surface area contributed by atoms with E-state index in [0.29, 0.717) is 12.5 Å². The van der Waals surface area contributed by atoms with Crippen LogP contribution in [0, 0.1) is 5.92 Å². The smallest absolute Gasteiger partial charge is 0.0610 e. The summed E-state index contributed by atoms with van der Waals surface area (Å²) in [4.78, 5) is 0. The lowest BCUT2D eigenvalue weighted by molar-refractivity contribution is 0.133. The molecule has 13 heavy (non-hydrogen) atoms. The molecule has 0 aromatic rings. The number of rotatable bonds is 7. The third-order valence-electron chi connectivity index (χ3n) is 2.07. The maximum absolute atomic E-state index is 9.23. The van der Waals surface area contributed by atoms with Gasteiger partial charge in [-0.3, -0.25) is 0 Å². The largest absolute Gasteiger partial charge is 0.394 e. The number of ether oxygens (including phenoxy) is 1. The van der Waals surface area contributed by atoms with E-state index < -0.39 is 0 Å². The lowest BCUT2D eigenvalue weighted by Gasteiger charge is -2.30. The van der Waals surface area contributed by atoms with Crippen LogP contribution in [0.1, 0.15) is 27.2 Å². The SMILES string of the molecule is COCCNC(C)(CO)CC(C)C. The molecule has 2 N–H and O–H groups in total. The van der Waals surface area contributed by atoms with Gasteiger partial charge in [0, 0.05) is 19.2 Å². The van der Waals surface area contributed by atoms with Crippen molar-refractivity contribution in [2.45, 2.75) is 32.7 Å². The lowest BCUT2D eigenvalue weighted by atomic mass is 9.91. The molecule has 80 valence electrons. The molecule has 0 fully saturated rings. The Balaban J connectivity index is 3.81. The van der Waals surface area contributed by atoms with E-state index in [1.807, 2.05) is 6.92 Å². The van der Waals surface area contributed by atoms with Gasteiger partial charge in [0.1, 0.15) is 0 Å². The van der Waals surface area contributed by atoms with Gasteiger partial charge in [-0.2, -0.15) is 0 Å². The van der Waals surface area contributed by atoms with Crippen molar-refractivity contribution in [2.75, 3.05) is 26.9 Å². The normalized spacial score (nSPS) is 16.2. The van der Waals surface area contributed by atoms with Crippen LogP contribution in [0.5, 0.6) is 0 Å². The first kappa shape index (κ1) is 12.9. The zero-order chi connectivity index (χ0) is 10.3. The highest BCUT2D eigenvalue weighted by atomic mass is 16.5. The third-order valence-corrected chi connectivity index (χ3v) is 2.07. The van der Waals surface area contributed by atoms with E-state index in [1.165, 1.54) is 0 Å². The van der Waals surface area contributed by atoms with Gasteiger partial charge in [-0.1, -0.05) is 13.8 Å². The summed E-state index contributed by atoms with van der Waals surface area (Å²) in [6.45, 7) is 8.02. The molecule has 0 aliphatic carbocycles. The predicted octanol–water partition coefficient (Wildman–Crippen LogP) is 1.02. The van der Waals surface area contributed by atoms with Gasteiger partial charge in [0.2, 0.25) is 0 Å². The van der Waals surface area contributed by atoms with E-state index in [0.717, 1.165) is 13.0 Å². The van der Waals surface area contributed by atoms with Gasteiger partial charge in [-0.15, -0.1) is 0 Å². The summed E-state index contributed by atoms with van der Waals surface area (Å²) in [6, 6.07) is 0. The monoisotopic (exact) mass is 189 g/mol. The summed E-state index contributed by atoms with van der Waals surface area (Å²) in [5, 5.41) is 12.5. The van der Waals surface area contributed by atoms with Crippen LogP contribution in [-0.4, -0.2) is 37.5 Å². The fourth-order valence-corrected chi connectivity index (χ4v) is 1.55. The van der Waals surface area contributed by atoms with Gasteiger partial charge >= 0.3 is 0 Å².